The molecule has 1 aromatic carbocycles. The molecule has 7 heteroatoms. The third-order valence-electron chi connectivity index (χ3n) is 3.90. The molecule has 0 saturated heterocycles. The van der Waals surface area contributed by atoms with Gasteiger partial charge in [-0.1, -0.05) is 13.8 Å². The van der Waals surface area contributed by atoms with Gasteiger partial charge in [0.15, 0.2) is 0 Å². The largest absolute Gasteiger partial charge is 0.497 e. The van der Waals surface area contributed by atoms with Crippen LogP contribution >= 0.6 is 0 Å². The normalized spacial score (nSPS) is 10.1. The quantitative estimate of drug-likeness (QED) is 0.707. The number of aryl methyl sites for hydroxylation is 2. The summed E-state index contributed by atoms with van der Waals surface area (Å²) in [5.41, 5.74) is 4.86. The fourth-order valence-corrected chi connectivity index (χ4v) is 2.75. The van der Waals surface area contributed by atoms with E-state index in [4.69, 9.17) is 28.6 Å². The van der Waals surface area contributed by atoms with Gasteiger partial charge in [0.05, 0.1) is 19.9 Å². The van der Waals surface area contributed by atoms with E-state index < -0.39 is 0 Å². The average molecular weight is 344 g/mol. The van der Waals surface area contributed by atoms with Crippen LogP contribution in [0.2, 0.25) is 0 Å². The zero-order valence-corrected chi connectivity index (χ0v) is 14.7. The first kappa shape index (κ1) is 18.3. The van der Waals surface area contributed by atoms with Crippen LogP contribution in [0.5, 0.6) is 11.5 Å². The van der Waals surface area contributed by atoms with Crippen LogP contribution in [0, 0.1) is 0 Å². The molecule has 25 heavy (non-hydrogen) atoms. The number of hydrogen-bond acceptors (Lipinski definition) is 6. The van der Waals surface area contributed by atoms with Crippen LogP contribution in [0.25, 0.3) is 17.0 Å². The highest BCUT2D eigenvalue weighted by Crippen LogP contribution is 2.35. The first-order valence-electron chi connectivity index (χ1n) is 7.84. The van der Waals surface area contributed by atoms with Crippen LogP contribution in [0.3, 0.4) is 0 Å². The second-order valence-corrected chi connectivity index (χ2v) is 5.12. The second kappa shape index (κ2) is 8.17. The molecule has 0 saturated carbocycles. The van der Waals surface area contributed by atoms with Gasteiger partial charge in [-0.2, -0.15) is 19.2 Å². The van der Waals surface area contributed by atoms with Crippen LogP contribution in [0.15, 0.2) is 28.9 Å². The lowest BCUT2D eigenvalue weighted by Crippen LogP contribution is -1.94. The lowest BCUT2D eigenvalue weighted by atomic mass is 10.1. The maximum Gasteiger partial charge on any atom is 0.373 e. The Labute approximate surface area is 145 Å². The number of benzene rings is 1. The number of carbonyl (C=O) groups excluding carboxylic acids is 2. The molecule has 7 nitrogen and oxygen atoms in total. The molecule has 2 aromatic heterocycles. The second-order valence-electron chi connectivity index (χ2n) is 5.12. The molecule has 0 amide bonds. The molecule has 0 N–H and O–H groups in total. The van der Waals surface area contributed by atoms with Gasteiger partial charge >= 0.3 is 6.15 Å². The van der Waals surface area contributed by atoms with Crippen molar-refractivity contribution >= 4 is 11.9 Å². The molecule has 0 fully saturated rings. The Balaban J connectivity index is 0.000000701. The smallest absolute Gasteiger partial charge is 0.373 e. The van der Waals surface area contributed by atoms with Crippen LogP contribution in [0.1, 0.15) is 25.1 Å². The molecular formula is C18H20N2O5. The van der Waals surface area contributed by atoms with E-state index in [9.17, 15) is 0 Å². The van der Waals surface area contributed by atoms with Crippen LogP contribution < -0.4 is 9.47 Å². The van der Waals surface area contributed by atoms with Crippen molar-refractivity contribution in [3.63, 3.8) is 0 Å². The van der Waals surface area contributed by atoms with Gasteiger partial charge in [0, 0.05) is 17.2 Å². The summed E-state index contributed by atoms with van der Waals surface area (Å²) in [6.45, 7) is 4.22. The standard InChI is InChI=1S/C17H20N2O3.CO2/c1-5-12-14(6-2)18-19-15(10-22-17(12)19)13-8-7-11(20-3)9-16(13)21-4;2-1-3/h7-10H,5-6H2,1-4H3;. The zero-order chi connectivity index (χ0) is 18.4. The number of aromatic nitrogens is 2. The lowest BCUT2D eigenvalue weighted by Gasteiger charge is -2.08. The van der Waals surface area contributed by atoms with Crippen molar-refractivity contribution < 1.29 is 23.5 Å². The molecule has 0 aliphatic rings. The van der Waals surface area contributed by atoms with Gasteiger partial charge in [-0.25, -0.2) is 0 Å². The molecule has 3 rings (SSSR count). The maximum atomic E-state index is 8.12. The van der Waals surface area contributed by atoms with Crippen LogP contribution in [0.4, 0.5) is 0 Å². The van der Waals surface area contributed by atoms with E-state index in [2.05, 4.69) is 13.8 Å². The lowest BCUT2D eigenvalue weighted by molar-refractivity contribution is -0.191. The number of hydrogen-bond donors (Lipinski definition) is 0. The van der Waals surface area contributed by atoms with Gasteiger partial charge in [-0.3, -0.25) is 0 Å². The SMILES string of the molecule is CCc1nn2c(-c3ccc(OC)cc3OC)coc2c1CC.O=C=O. The van der Waals surface area contributed by atoms with Crippen molar-refractivity contribution in [2.24, 2.45) is 0 Å². The molecule has 0 spiro atoms. The highest BCUT2D eigenvalue weighted by Gasteiger charge is 2.19. The maximum absolute atomic E-state index is 8.12. The minimum atomic E-state index is 0.250. The van der Waals surface area contributed by atoms with E-state index in [1.807, 2.05) is 22.7 Å². The molecule has 0 aliphatic heterocycles. The number of nitrogens with zero attached hydrogens (tertiary/aromatic N) is 2. The monoisotopic (exact) mass is 344 g/mol. The summed E-state index contributed by atoms with van der Waals surface area (Å²) in [5.74, 6) is 1.48. The molecule has 0 aliphatic carbocycles. The first-order chi connectivity index (χ1) is 12.1. The summed E-state index contributed by atoms with van der Waals surface area (Å²) in [7, 11) is 3.28. The van der Waals surface area contributed by atoms with Crippen molar-refractivity contribution in [1.29, 1.82) is 0 Å². The zero-order valence-electron chi connectivity index (χ0n) is 14.7. The van der Waals surface area contributed by atoms with Gasteiger partial charge in [0.25, 0.3) is 0 Å². The number of rotatable bonds is 5. The van der Waals surface area contributed by atoms with E-state index in [-0.39, 0.29) is 6.15 Å². The Bertz CT molecular complexity index is 888. The van der Waals surface area contributed by atoms with Crippen LogP contribution in [-0.2, 0) is 22.4 Å². The Morgan fingerprint density at radius 1 is 1.16 bits per heavy atom. The third kappa shape index (κ3) is 3.41. The van der Waals surface area contributed by atoms with Gasteiger partial charge < -0.3 is 13.9 Å². The number of ether oxygens (including phenoxy) is 2. The average Bonchev–Trinajstić information content (AvgIpc) is 3.20. The molecule has 0 atom stereocenters. The Hall–Kier alpha value is -3.05. The fraction of sp³-hybridized carbons (Fsp3) is 0.333. The van der Waals surface area contributed by atoms with Crippen molar-refractivity contribution in [3.8, 4) is 22.8 Å². The van der Waals surface area contributed by atoms with Crippen molar-refractivity contribution in [1.82, 2.24) is 9.61 Å². The summed E-state index contributed by atoms with van der Waals surface area (Å²) in [6.07, 6.45) is 3.77. The number of oxazole rings is 1. The summed E-state index contributed by atoms with van der Waals surface area (Å²) >= 11 is 0. The summed E-state index contributed by atoms with van der Waals surface area (Å²) in [5, 5.41) is 4.69. The Morgan fingerprint density at radius 3 is 2.44 bits per heavy atom. The van der Waals surface area contributed by atoms with Gasteiger partial charge in [-0.05, 0) is 25.0 Å². The van der Waals surface area contributed by atoms with Gasteiger partial charge in [0.2, 0.25) is 5.71 Å². The molecule has 0 bridgehead atoms. The third-order valence-corrected chi connectivity index (χ3v) is 3.90. The van der Waals surface area contributed by atoms with E-state index in [1.54, 1.807) is 20.5 Å². The molecular weight excluding hydrogens is 324 g/mol. The molecule has 3 aromatic rings. The highest BCUT2D eigenvalue weighted by molar-refractivity contribution is 5.71. The van der Waals surface area contributed by atoms with Crippen LogP contribution in [-0.4, -0.2) is 30.0 Å². The summed E-state index contributed by atoms with van der Waals surface area (Å²) in [6, 6.07) is 5.72. The van der Waals surface area contributed by atoms with E-state index >= 15 is 0 Å². The molecule has 0 unspecified atom stereocenters. The summed E-state index contributed by atoms with van der Waals surface area (Å²) < 4.78 is 18.4. The molecule has 0 radical (unpaired) electrons. The van der Waals surface area contributed by atoms with E-state index in [0.29, 0.717) is 0 Å². The van der Waals surface area contributed by atoms with Crippen molar-refractivity contribution in [2.45, 2.75) is 26.7 Å². The fourth-order valence-electron chi connectivity index (χ4n) is 2.75. The van der Waals surface area contributed by atoms with E-state index in [0.717, 1.165) is 47.0 Å². The van der Waals surface area contributed by atoms with Crippen molar-refractivity contribution in [2.75, 3.05) is 14.2 Å². The number of methoxy groups -OCH3 is 2. The topological polar surface area (TPSA) is 83.0 Å². The Morgan fingerprint density at radius 2 is 1.88 bits per heavy atom. The summed E-state index contributed by atoms with van der Waals surface area (Å²) in [4.78, 5) is 16.2. The predicted octanol–water partition coefficient (Wildman–Crippen LogP) is 3.15. The predicted molar refractivity (Wildman–Crippen MR) is 89.8 cm³/mol. The first-order valence-corrected chi connectivity index (χ1v) is 7.84. The van der Waals surface area contributed by atoms with Gasteiger partial charge in [-0.15, -0.1) is 0 Å². The Kier molecular flexibility index (Phi) is 5.98. The highest BCUT2D eigenvalue weighted by atomic mass is 16.5. The molecule has 132 valence electrons. The van der Waals surface area contributed by atoms with E-state index in [1.165, 1.54) is 5.56 Å². The number of fused-ring (bicyclic) bond motifs is 1. The minimum Gasteiger partial charge on any atom is -0.497 e. The minimum absolute atomic E-state index is 0.250. The molecule has 2 heterocycles. The van der Waals surface area contributed by atoms with Crippen molar-refractivity contribution in [3.05, 3.63) is 35.7 Å². The van der Waals surface area contributed by atoms with Gasteiger partial charge in [0.1, 0.15) is 23.5 Å².